The van der Waals surface area contributed by atoms with Gasteiger partial charge in [0.05, 0.1) is 23.0 Å². The summed E-state index contributed by atoms with van der Waals surface area (Å²) in [6, 6.07) is 5.61. The van der Waals surface area contributed by atoms with E-state index in [2.05, 4.69) is 55.7 Å². The third-order valence-corrected chi connectivity index (χ3v) is 3.30. The van der Waals surface area contributed by atoms with Crippen molar-refractivity contribution in [3.63, 3.8) is 0 Å². The maximum atomic E-state index is 11.0. The Kier molecular flexibility index (Phi) is 6.34. The van der Waals surface area contributed by atoms with Gasteiger partial charge in [-0.15, -0.1) is 0 Å². The summed E-state index contributed by atoms with van der Waals surface area (Å²) in [7, 11) is 1.58. The summed E-state index contributed by atoms with van der Waals surface area (Å²) in [5.74, 6) is 0.266. The second-order valence-electron chi connectivity index (χ2n) is 3.14. The van der Waals surface area contributed by atoms with E-state index in [1.165, 1.54) is 6.21 Å². The van der Waals surface area contributed by atoms with E-state index in [1.54, 1.807) is 13.2 Å². The van der Waals surface area contributed by atoms with Gasteiger partial charge in [0.1, 0.15) is 12.2 Å². The highest BCUT2D eigenvalue weighted by molar-refractivity contribution is 14.1. The molecular formula is C11H9I2N3O2. The minimum absolute atomic E-state index is 0.210. The van der Waals surface area contributed by atoms with E-state index in [1.807, 2.05) is 12.1 Å². The fourth-order valence-electron chi connectivity index (χ4n) is 1.18. The second-order valence-corrected chi connectivity index (χ2v) is 5.55. The number of hydrazone groups is 1. The quantitative estimate of drug-likeness (QED) is 0.418. The zero-order chi connectivity index (χ0) is 13.5. The van der Waals surface area contributed by atoms with Gasteiger partial charge in [-0.2, -0.15) is 10.4 Å². The molecule has 0 aromatic heterocycles. The molecule has 7 heteroatoms. The topological polar surface area (TPSA) is 74.5 Å². The van der Waals surface area contributed by atoms with Crippen molar-refractivity contribution in [3.8, 4) is 11.8 Å². The molecule has 0 aliphatic heterocycles. The first-order valence-corrected chi connectivity index (χ1v) is 6.96. The largest absolute Gasteiger partial charge is 0.495 e. The van der Waals surface area contributed by atoms with E-state index < -0.39 is 5.91 Å². The summed E-state index contributed by atoms with van der Waals surface area (Å²) >= 11 is 4.36. The average Bonchev–Trinajstić information content (AvgIpc) is 2.28. The predicted molar refractivity (Wildman–Crippen MR) is 84.4 cm³/mol. The number of hydrogen-bond acceptors (Lipinski definition) is 4. The van der Waals surface area contributed by atoms with Crippen molar-refractivity contribution in [3.05, 3.63) is 24.8 Å². The number of halogens is 2. The molecule has 1 aromatic carbocycles. The number of nitriles is 1. The van der Waals surface area contributed by atoms with Crippen molar-refractivity contribution >= 4 is 57.3 Å². The van der Waals surface area contributed by atoms with E-state index in [0.29, 0.717) is 5.75 Å². The van der Waals surface area contributed by atoms with E-state index in [4.69, 9.17) is 10.00 Å². The number of carbonyl (C=O) groups excluding carboxylic acids is 1. The Morgan fingerprint density at radius 2 is 2.33 bits per heavy atom. The lowest BCUT2D eigenvalue weighted by Gasteiger charge is -2.07. The van der Waals surface area contributed by atoms with Gasteiger partial charge in [-0.05, 0) is 57.3 Å². The van der Waals surface area contributed by atoms with Crippen LogP contribution in [0, 0.1) is 18.5 Å². The van der Waals surface area contributed by atoms with Crippen LogP contribution in [0.2, 0.25) is 0 Å². The highest BCUT2D eigenvalue weighted by atomic mass is 127. The van der Waals surface area contributed by atoms with Gasteiger partial charge in [0.15, 0.2) is 0 Å². The SMILES string of the molecule is COc1c(I)cc(I)cc1/C=N\NC(=O)CC#N. The fourth-order valence-corrected chi connectivity index (χ4v) is 3.29. The molecule has 0 radical (unpaired) electrons. The molecule has 5 nitrogen and oxygen atoms in total. The first-order chi connectivity index (χ1) is 8.58. The molecule has 0 heterocycles. The molecule has 0 fully saturated rings. The van der Waals surface area contributed by atoms with Gasteiger partial charge < -0.3 is 4.74 Å². The Bertz CT molecular complexity index is 524. The van der Waals surface area contributed by atoms with Crippen LogP contribution in [0.25, 0.3) is 0 Å². The summed E-state index contributed by atoms with van der Waals surface area (Å²) in [5.41, 5.74) is 3.04. The highest BCUT2D eigenvalue weighted by Gasteiger charge is 2.07. The number of benzene rings is 1. The highest BCUT2D eigenvalue weighted by Crippen LogP contribution is 2.26. The molecule has 0 saturated heterocycles. The van der Waals surface area contributed by atoms with Crippen LogP contribution in [0.5, 0.6) is 5.75 Å². The van der Waals surface area contributed by atoms with Crippen LogP contribution in [0.3, 0.4) is 0 Å². The van der Waals surface area contributed by atoms with Gasteiger partial charge in [0.2, 0.25) is 0 Å². The number of methoxy groups -OCH3 is 1. The minimum Gasteiger partial charge on any atom is -0.495 e. The Balaban J connectivity index is 2.87. The van der Waals surface area contributed by atoms with Crippen LogP contribution in [-0.4, -0.2) is 19.2 Å². The zero-order valence-electron chi connectivity index (χ0n) is 9.41. The van der Waals surface area contributed by atoms with Crippen molar-refractivity contribution in [1.29, 1.82) is 5.26 Å². The van der Waals surface area contributed by atoms with Crippen LogP contribution in [0.1, 0.15) is 12.0 Å². The maximum Gasteiger partial charge on any atom is 0.254 e. The van der Waals surface area contributed by atoms with Crippen LogP contribution in [0.4, 0.5) is 0 Å². The second kappa shape index (κ2) is 7.52. The number of nitrogens with one attached hydrogen (secondary N) is 1. The standard InChI is InChI=1S/C11H9I2N3O2/c1-18-11-7(4-8(12)5-9(11)13)6-15-16-10(17)2-3-14/h4-6H,2H2,1H3,(H,16,17)/b15-6-. The normalized spacial score (nSPS) is 10.1. The Morgan fingerprint density at radius 1 is 1.61 bits per heavy atom. The van der Waals surface area contributed by atoms with Gasteiger partial charge in [-0.25, -0.2) is 5.43 Å². The number of ether oxygens (including phenoxy) is 1. The number of carbonyl (C=O) groups is 1. The molecule has 0 atom stereocenters. The van der Waals surface area contributed by atoms with Crippen molar-refractivity contribution in [1.82, 2.24) is 5.43 Å². The first kappa shape index (κ1) is 15.2. The lowest BCUT2D eigenvalue weighted by molar-refractivity contribution is -0.120. The van der Waals surface area contributed by atoms with Crippen molar-refractivity contribution in [2.45, 2.75) is 6.42 Å². The smallest absolute Gasteiger partial charge is 0.254 e. The van der Waals surface area contributed by atoms with Gasteiger partial charge in [0.25, 0.3) is 5.91 Å². The average molecular weight is 469 g/mol. The zero-order valence-corrected chi connectivity index (χ0v) is 13.7. The Labute approximate surface area is 132 Å². The lowest BCUT2D eigenvalue weighted by atomic mass is 10.2. The number of hydrogen-bond donors (Lipinski definition) is 1. The molecular weight excluding hydrogens is 460 g/mol. The summed E-state index contributed by atoms with van der Waals surface area (Å²) in [4.78, 5) is 11.0. The van der Waals surface area contributed by atoms with Crippen molar-refractivity contribution in [2.24, 2.45) is 5.10 Å². The van der Waals surface area contributed by atoms with Gasteiger partial charge >= 0.3 is 0 Å². The van der Waals surface area contributed by atoms with Crippen molar-refractivity contribution in [2.75, 3.05) is 7.11 Å². The molecule has 18 heavy (non-hydrogen) atoms. The molecule has 0 spiro atoms. The number of nitrogens with zero attached hydrogens (tertiary/aromatic N) is 2. The molecule has 0 bridgehead atoms. The molecule has 0 aliphatic rings. The molecule has 1 N–H and O–H groups in total. The number of rotatable bonds is 4. The first-order valence-electron chi connectivity index (χ1n) is 4.80. The lowest BCUT2D eigenvalue weighted by Crippen LogP contribution is -2.16. The minimum atomic E-state index is -0.437. The Morgan fingerprint density at radius 3 is 2.94 bits per heavy atom. The molecule has 1 rings (SSSR count). The van der Waals surface area contributed by atoms with E-state index in [-0.39, 0.29) is 6.42 Å². The third-order valence-electron chi connectivity index (χ3n) is 1.87. The van der Waals surface area contributed by atoms with Gasteiger partial charge in [-0.1, -0.05) is 0 Å². The van der Waals surface area contributed by atoms with Gasteiger partial charge in [-0.3, -0.25) is 4.79 Å². The van der Waals surface area contributed by atoms with Crippen LogP contribution in [0.15, 0.2) is 17.2 Å². The molecule has 1 aromatic rings. The predicted octanol–water partition coefficient (Wildman–Crippen LogP) is 2.27. The van der Waals surface area contributed by atoms with Crippen LogP contribution in [-0.2, 0) is 4.79 Å². The number of amides is 1. The Hall–Kier alpha value is -0.890. The summed E-state index contributed by atoms with van der Waals surface area (Å²) < 4.78 is 7.28. The molecule has 1 amide bonds. The van der Waals surface area contributed by atoms with Gasteiger partial charge in [0, 0.05) is 9.13 Å². The third kappa shape index (κ3) is 4.41. The summed E-state index contributed by atoms with van der Waals surface area (Å²) in [6.45, 7) is 0. The fraction of sp³-hybridized carbons (Fsp3) is 0.182. The molecule has 94 valence electrons. The van der Waals surface area contributed by atoms with Crippen LogP contribution < -0.4 is 10.2 Å². The summed E-state index contributed by atoms with van der Waals surface area (Å²) in [5, 5.41) is 12.1. The monoisotopic (exact) mass is 469 g/mol. The van der Waals surface area contributed by atoms with E-state index >= 15 is 0 Å². The molecule has 0 aliphatic carbocycles. The summed E-state index contributed by atoms with van der Waals surface area (Å²) in [6.07, 6.45) is 1.29. The van der Waals surface area contributed by atoms with Crippen LogP contribution >= 0.6 is 45.2 Å². The maximum absolute atomic E-state index is 11.0. The van der Waals surface area contributed by atoms with Crippen molar-refractivity contribution < 1.29 is 9.53 Å². The van der Waals surface area contributed by atoms with E-state index in [9.17, 15) is 4.79 Å². The van der Waals surface area contributed by atoms with E-state index in [0.717, 1.165) is 12.7 Å². The molecule has 0 unspecified atom stereocenters. The molecule has 0 saturated carbocycles.